The number of hydrogen-bond acceptors (Lipinski definition) is 4. The number of aromatic nitrogens is 1. The molecule has 3 unspecified atom stereocenters. The molecule has 2 aliphatic rings. The fraction of sp³-hybridized carbons (Fsp3) is 0.360. The van der Waals surface area contributed by atoms with Crippen LogP contribution in [-0.2, 0) is 4.79 Å². The third-order valence-corrected chi connectivity index (χ3v) is 5.80. The van der Waals surface area contributed by atoms with Gasteiger partial charge in [0, 0.05) is 29.2 Å². The van der Waals surface area contributed by atoms with Gasteiger partial charge in [0.05, 0.1) is 29.8 Å². The van der Waals surface area contributed by atoms with Gasteiger partial charge >= 0.3 is 5.97 Å². The summed E-state index contributed by atoms with van der Waals surface area (Å²) in [6, 6.07) is 7.91. The molecule has 6 heteroatoms. The highest BCUT2D eigenvalue weighted by Crippen LogP contribution is 2.45. The van der Waals surface area contributed by atoms with Gasteiger partial charge in [-0.05, 0) is 43.0 Å². The number of carbonyl (C=O) groups is 1. The smallest absolute Gasteiger partial charge is 0.305 e. The zero-order valence-corrected chi connectivity index (χ0v) is 17.1. The number of allylic oxidation sites excluding steroid dienone is 4. The van der Waals surface area contributed by atoms with Crippen LogP contribution in [0.25, 0.3) is 17.0 Å². The molecule has 1 heterocycles. The number of pyridine rings is 1. The van der Waals surface area contributed by atoms with E-state index in [1.165, 1.54) is 6.08 Å². The summed E-state index contributed by atoms with van der Waals surface area (Å²) in [5.74, 6) is -1.00. The van der Waals surface area contributed by atoms with E-state index in [0.717, 1.165) is 40.6 Å². The molecule has 0 saturated heterocycles. The lowest BCUT2D eigenvalue weighted by molar-refractivity contribution is -0.139. The fourth-order valence-corrected chi connectivity index (χ4v) is 4.17. The van der Waals surface area contributed by atoms with Crippen LogP contribution in [0.1, 0.15) is 60.8 Å². The summed E-state index contributed by atoms with van der Waals surface area (Å²) in [5.41, 5.74) is 3.87. The van der Waals surface area contributed by atoms with Gasteiger partial charge in [-0.25, -0.2) is 4.39 Å². The van der Waals surface area contributed by atoms with Crippen LogP contribution in [0.5, 0.6) is 0 Å². The van der Waals surface area contributed by atoms with Crippen molar-refractivity contribution in [3.63, 3.8) is 0 Å². The molecular formula is C25H26FNO4. The van der Waals surface area contributed by atoms with Gasteiger partial charge in [-0.3, -0.25) is 9.78 Å². The summed E-state index contributed by atoms with van der Waals surface area (Å²) >= 11 is 0. The Kier molecular flexibility index (Phi) is 6.30. The molecule has 1 fully saturated rings. The van der Waals surface area contributed by atoms with Crippen molar-refractivity contribution < 1.29 is 24.5 Å². The SMILES string of the molecule is O=C(O)CC(O)CC(O)C=Cc1c(C2CC2)nc2ccccc2c1C1C=CC(F)=CC1. The first-order chi connectivity index (χ1) is 14.9. The molecule has 3 atom stereocenters. The topological polar surface area (TPSA) is 90.7 Å². The second kappa shape index (κ2) is 9.12. The van der Waals surface area contributed by atoms with Gasteiger partial charge in [-0.15, -0.1) is 0 Å². The van der Waals surface area contributed by atoms with E-state index in [1.807, 2.05) is 36.4 Å². The average molecular weight is 423 g/mol. The second-order valence-corrected chi connectivity index (χ2v) is 8.32. The van der Waals surface area contributed by atoms with E-state index in [4.69, 9.17) is 10.1 Å². The first kappa shape index (κ1) is 21.4. The molecule has 4 rings (SSSR count). The van der Waals surface area contributed by atoms with Crippen LogP contribution in [-0.4, -0.2) is 38.5 Å². The molecule has 1 aromatic heterocycles. The normalized spacial score (nSPS) is 20.7. The number of rotatable bonds is 8. The first-order valence-corrected chi connectivity index (χ1v) is 10.6. The Morgan fingerprint density at radius 3 is 2.71 bits per heavy atom. The van der Waals surface area contributed by atoms with Crippen LogP contribution >= 0.6 is 0 Å². The lowest BCUT2D eigenvalue weighted by atomic mass is 9.84. The van der Waals surface area contributed by atoms with Crippen molar-refractivity contribution in [2.75, 3.05) is 0 Å². The molecule has 0 radical (unpaired) electrons. The number of benzene rings is 1. The minimum atomic E-state index is -1.12. The van der Waals surface area contributed by atoms with Gasteiger partial charge in [-0.2, -0.15) is 0 Å². The number of fused-ring (bicyclic) bond motifs is 1. The third kappa shape index (κ3) is 5.09. The van der Waals surface area contributed by atoms with Gasteiger partial charge < -0.3 is 15.3 Å². The molecule has 0 spiro atoms. The van der Waals surface area contributed by atoms with Gasteiger partial charge in [-0.1, -0.05) is 36.4 Å². The molecule has 2 aliphatic carbocycles. The molecule has 0 amide bonds. The first-order valence-electron chi connectivity index (χ1n) is 10.6. The Morgan fingerprint density at radius 1 is 1.26 bits per heavy atom. The van der Waals surface area contributed by atoms with Crippen LogP contribution in [0, 0.1) is 0 Å². The highest BCUT2D eigenvalue weighted by atomic mass is 19.1. The lowest BCUT2D eigenvalue weighted by Gasteiger charge is -2.22. The lowest BCUT2D eigenvalue weighted by Crippen LogP contribution is -2.19. The third-order valence-electron chi connectivity index (χ3n) is 5.80. The maximum Gasteiger partial charge on any atom is 0.305 e. The minimum absolute atomic E-state index is 0.0145. The molecule has 162 valence electrons. The van der Waals surface area contributed by atoms with Gasteiger partial charge in [0.2, 0.25) is 0 Å². The maximum absolute atomic E-state index is 13.6. The Labute approximate surface area is 180 Å². The standard InChI is InChI=1S/C25H26FNO4/c26-17-9-7-15(8-10-17)24-20-3-1-2-4-22(20)27-25(16-5-6-16)21(24)12-11-18(28)13-19(29)14-23(30)31/h1-4,7,9-12,15-16,18-19,28-29H,5-6,8,13-14H2,(H,30,31). The number of nitrogens with zero attached hydrogens (tertiary/aromatic N) is 1. The number of halogens is 1. The summed E-state index contributed by atoms with van der Waals surface area (Å²) in [4.78, 5) is 15.7. The molecule has 2 aromatic rings. The van der Waals surface area contributed by atoms with Crippen LogP contribution < -0.4 is 0 Å². The molecule has 3 N–H and O–H groups in total. The number of carboxylic acids is 1. The average Bonchev–Trinajstić information content (AvgIpc) is 3.56. The van der Waals surface area contributed by atoms with Crippen molar-refractivity contribution in [2.24, 2.45) is 0 Å². The molecule has 31 heavy (non-hydrogen) atoms. The predicted molar refractivity (Wildman–Crippen MR) is 117 cm³/mol. The zero-order chi connectivity index (χ0) is 22.0. The van der Waals surface area contributed by atoms with Crippen molar-refractivity contribution in [1.29, 1.82) is 0 Å². The summed E-state index contributed by atoms with van der Waals surface area (Å²) in [6.45, 7) is 0. The van der Waals surface area contributed by atoms with Gasteiger partial charge in [0.15, 0.2) is 0 Å². The number of aliphatic hydroxyl groups excluding tert-OH is 2. The van der Waals surface area contributed by atoms with E-state index in [-0.39, 0.29) is 18.2 Å². The molecule has 0 aliphatic heterocycles. The van der Waals surface area contributed by atoms with Crippen LogP contribution in [0.15, 0.2) is 54.4 Å². The van der Waals surface area contributed by atoms with E-state index >= 15 is 0 Å². The minimum Gasteiger partial charge on any atom is -0.481 e. The van der Waals surface area contributed by atoms with Crippen molar-refractivity contribution in [2.45, 2.75) is 56.1 Å². The van der Waals surface area contributed by atoms with Crippen molar-refractivity contribution in [1.82, 2.24) is 4.98 Å². The highest BCUT2D eigenvalue weighted by Gasteiger charge is 2.30. The largest absolute Gasteiger partial charge is 0.481 e. The van der Waals surface area contributed by atoms with E-state index in [9.17, 15) is 19.4 Å². The predicted octanol–water partition coefficient (Wildman–Crippen LogP) is 4.61. The number of aliphatic carboxylic acids is 1. The van der Waals surface area contributed by atoms with Gasteiger partial charge in [0.25, 0.3) is 0 Å². The van der Waals surface area contributed by atoms with Crippen molar-refractivity contribution in [3.8, 4) is 0 Å². The van der Waals surface area contributed by atoms with Crippen LogP contribution in [0.4, 0.5) is 4.39 Å². The highest BCUT2D eigenvalue weighted by molar-refractivity contribution is 5.87. The Morgan fingerprint density at radius 2 is 2.03 bits per heavy atom. The van der Waals surface area contributed by atoms with Gasteiger partial charge in [0.1, 0.15) is 5.83 Å². The molecule has 5 nitrogen and oxygen atoms in total. The van der Waals surface area contributed by atoms with E-state index in [2.05, 4.69) is 0 Å². The monoisotopic (exact) mass is 423 g/mol. The molecule has 1 aromatic carbocycles. The second-order valence-electron chi connectivity index (χ2n) is 8.32. The number of aliphatic hydroxyl groups is 2. The Hall–Kier alpha value is -2.83. The quantitative estimate of drug-likeness (QED) is 0.577. The maximum atomic E-state index is 13.6. The van der Waals surface area contributed by atoms with Crippen molar-refractivity contribution in [3.05, 3.63) is 71.2 Å². The Bertz CT molecular complexity index is 1070. The number of para-hydroxylation sites is 1. The molecule has 0 bridgehead atoms. The summed E-state index contributed by atoms with van der Waals surface area (Å²) in [6.07, 6.45) is 8.45. The Balaban J connectivity index is 1.74. The van der Waals surface area contributed by atoms with Crippen LogP contribution in [0.2, 0.25) is 0 Å². The molecular weight excluding hydrogens is 397 g/mol. The fourth-order valence-electron chi connectivity index (χ4n) is 4.17. The summed E-state index contributed by atoms with van der Waals surface area (Å²) < 4.78 is 13.6. The summed E-state index contributed by atoms with van der Waals surface area (Å²) in [5, 5.41) is 30.0. The van der Waals surface area contributed by atoms with Crippen molar-refractivity contribution >= 4 is 22.9 Å². The van der Waals surface area contributed by atoms with Crippen LogP contribution in [0.3, 0.4) is 0 Å². The van der Waals surface area contributed by atoms with E-state index < -0.39 is 24.6 Å². The van der Waals surface area contributed by atoms with E-state index in [0.29, 0.717) is 12.3 Å². The number of hydrogen-bond donors (Lipinski definition) is 3. The number of carboxylic acid groups (broad SMARTS) is 1. The molecule has 1 saturated carbocycles. The summed E-state index contributed by atoms with van der Waals surface area (Å²) in [7, 11) is 0. The zero-order valence-electron chi connectivity index (χ0n) is 17.1. The van der Waals surface area contributed by atoms with E-state index in [1.54, 1.807) is 12.2 Å².